The number of nitrogens with one attached hydrogen (secondary N) is 1. The van der Waals surface area contributed by atoms with Crippen molar-refractivity contribution in [2.45, 2.75) is 4.90 Å². The Kier molecular flexibility index (Phi) is 4.43. The highest BCUT2D eigenvalue weighted by atomic mass is 127. The van der Waals surface area contributed by atoms with Gasteiger partial charge in [0.2, 0.25) is 0 Å². The smallest absolute Gasteiger partial charge is 0.284 e. The highest BCUT2D eigenvalue weighted by Gasteiger charge is 2.12. The van der Waals surface area contributed by atoms with E-state index in [1.165, 1.54) is 18.0 Å². The highest BCUT2D eigenvalue weighted by molar-refractivity contribution is 14.1. The fourth-order valence-electron chi connectivity index (χ4n) is 1.33. The van der Waals surface area contributed by atoms with Crippen LogP contribution in [0.5, 0.6) is 0 Å². The first kappa shape index (κ1) is 13.2. The van der Waals surface area contributed by atoms with Gasteiger partial charge in [-0.05, 0) is 64.9 Å². The van der Waals surface area contributed by atoms with Crippen LogP contribution >= 0.6 is 34.5 Å². The molecule has 0 aromatic heterocycles. The van der Waals surface area contributed by atoms with Crippen molar-refractivity contribution in [1.82, 2.24) is 0 Å². The lowest BCUT2D eigenvalue weighted by molar-refractivity contribution is -0.387. The summed E-state index contributed by atoms with van der Waals surface area (Å²) in [6, 6.07) is 14.5. The fourth-order valence-corrected chi connectivity index (χ4v) is 2.44. The van der Waals surface area contributed by atoms with Crippen molar-refractivity contribution in [3.8, 4) is 0 Å². The van der Waals surface area contributed by atoms with E-state index in [0.29, 0.717) is 4.90 Å². The lowest BCUT2D eigenvalue weighted by Gasteiger charge is -2.05. The molecule has 92 valence electrons. The first-order chi connectivity index (χ1) is 8.66. The maximum Gasteiger partial charge on any atom is 0.284 e. The van der Waals surface area contributed by atoms with Crippen LogP contribution in [0, 0.1) is 13.7 Å². The zero-order chi connectivity index (χ0) is 13.0. The third kappa shape index (κ3) is 3.36. The first-order valence-electron chi connectivity index (χ1n) is 5.08. The molecule has 0 aliphatic carbocycles. The Morgan fingerprint density at radius 1 is 1.11 bits per heavy atom. The number of para-hydroxylation sites is 1. The Labute approximate surface area is 122 Å². The van der Waals surface area contributed by atoms with E-state index in [1.807, 2.05) is 24.3 Å². The van der Waals surface area contributed by atoms with E-state index in [4.69, 9.17) is 0 Å². The molecule has 0 aliphatic heterocycles. The Morgan fingerprint density at radius 2 is 1.78 bits per heavy atom. The molecule has 6 heteroatoms. The van der Waals surface area contributed by atoms with Crippen molar-refractivity contribution in [3.63, 3.8) is 0 Å². The Bertz CT molecular complexity index is 560. The Morgan fingerprint density at radius 3 is 2.44 bits per heavy atom. The minimum atomic E-state index is -0.377. The van der Waals surface area contributed by atoms with Gasteiger partial charge < -0.3 is 4.72 Å². The summed E-state index contributed by atoms with van der Waals surface area (Å²) in [5.41, 5.74) is 1.03. The molecule has 0 atom stereocenters. The summed E-state index contributed by atoms with van der Waals surface area (Å²) >= 11 is 3.47. The summed E-state index contributed by atoms with van der Waals surface area (Å²) in [6.45, 7) is 0. The van der Waals surface area contributed by atoms with E-state index in [1.54, 1.807) is 18.2 Å². The van der Waals surface area contributed by atoms with E-state index >= 15 is 0 Å². The number of hydrogen-bond acceptors (Lipinski definition) is 4. The van der Waals surface area contributed by atoms with Gasteiger partial charge in [-0.15, -0.1) is 0 Å². The number of nitrogens with zero attached hydrogens (tertiary/aromatic N) is 1. The predicted octanol–water partition coefficient (Wildman–Crippen LogP) is 4.32. The summed E-state index contributed by atoms with van der Waals surface area (Å²) in [7, 11) is 0. The van der Waals surface area contributed by atoms with Gasteiger partial charge in [0.05, 0.1) is 4.92 Å². The molecule has 0 unspecified atom stereocenters. The highest BCUT2D eigenvalue weighted by Crippen LogP contribution is 2.29. The van der Waals surface area contributed by atoms with Crippen molar-refractivity contribution in [2.24, 2.45) is 0 Å². The molecular weight excluding hydrogens is 363 g/mol. The van der Waals surface area contributed by atoms with Crippen LogP contribution < -0.4 is 4.72 Å². The molecule has 4 nitrogen and oxygen atoms in total. The van der Waals surface area contributed by atoms with E-state index < -0.39 is 0 Å². The summed E-state index contributed by atoms with van der Waals surface area (Å²) in [6.07, 6.45) is 0. The third-order valence-electron chi connectivity index (χ3n) is 2.19. The minimum Gasteiger partial charge on any atom is -0.325 e. The van der Waals surface area contributed by atoms with Gasteiger partial charge >= 0.3 is 0 Å². The largest absolute Gasteiger partial charge is 0.325 e. The van der Waals surface area contributed by atoms with Gasteiger partial charge in [0, 0.05) is 15.3 Å². The van der Waals surface area contributed by atoms with Crippen LogP contribution in [-0.2, 0) is 0 Å². The van der Waals surface area contributed by atoms with E-state index in [9.17, 15) is 10.1 Å². The molecule has 0 radical (unpaired) electrons. The van der Waals surface area contributed by atoms with Gasteiger partial charge in [0.1, 0.15) is 4.90 Å². The molecule has 0 saturated heterocycles. The van der Waals surface area contributed by atoms with Crippen LogP contribution in [0.3, 0.4) is 0 Å². The number of rotatable bonds is 4. The fraction of sp³-hybridized carbons (Fsp3) is 0. The van der Waals surface area contributed by atoms with Gasteiger partial charge in [0.15, 0.2) is 0 Å². The lowest BCUT2D eigenvalue weighted by atomic mass is 10.3. The number of halogens is 1. The van der Waals surface area contributed by atoms with Crippen LogP contribution in [-0.4, -0.2) is 4.92 Å². The summed E-state index contributed by atoms with van der Waals surface area (Å²) in [5.74, 6) is 0. The maximum atomic E-state index is 10.8. The number of benzene rings is 2. The molecule has 0 aliphatic rings. The second-order valence-electron chi connectivity index (χ2n) is 3.44. The van der Waals surface area contributed by atoms with Gasteiger partial charge in [-0.2, -0.15) is 0 Å². The number of hydrogen-bond donors (Lipinski definition) is 1. The number of nitro groups is 1. The normalized spacial score (nSPS) is 10.1. The molecule has 0 fully saturated rings. The third-order valence-corrected chi connectivity index (χ3v) is 3.81. The topological polar surface area (TPSA) is 55.2 Å². The Balaban J connectivity index is 2.10. The molecule has 0 amide bonds. The van der Waals surface area contributed by atoms with Gasteiger partial charge in [0.25, 0.3) is 5.69 Å². The summed E-state index contributed by atoms with van der Waals surface area (Å²) in [5, 5.41) is 10.8. The van der Waals surface area contributed by atoms with Crippen molar-refractivity contribution in [2.75, 3.05) is 4.72 Å². The van der Waals surface area contributed by atoms with Crippen molar-refractivity contribution < 1.29 is 4.92 Å². The molecular formula is C12H9IN2O2S. The second kappa shape index (κ2) is 6.05. The van der Waals surface area contributed by atoms with E-state index in [2.05, 4.69) is 27.3 Å². The summed E-state index contributed by atoms with van der Waals surface area (Å²) in [4.78, 5) is 11.1. The molecule has 18 heavy (non-hydrogen) atoms. The minimum absolute atomic E-state index is 0.112. The zero-order valence-corrected chi connectivity index (χ0v) is 12.1. The average Bonchev–Trinajstić information content (AvgIpc) is 2.38. The Hall–Kier alpha value is -1.28. The number of anilines is 1. The molecule has 2 aromatic carbocycles. The zero-order valence-electron chi connectivity index (χ0n) is 9.17. The maximum absolute atomic E-state index is 10.8. The van der Waals surface area contributed by atoms with Crippen molar-refractivity contribution in [1.29, 1.82) is 0 Å². The van der Waals surface area contributed by atoms with E-state index in [0.717, 1.165) is 9.26 Å². The van der Waals surface area contributed by atoms with Gasteiger partial charge in [-0.3, -0.25) is 10.1 Å². The van der Waals surface area contributed by atoms with E-state index in [-0.39, 0.29) is 10.6 Å². The standard InChI is InChI=1S/C12H9IN2O2S/c13-9-5-7-10(8-6-9)14-18-12-4-2-1-3-11(12)15(16)17/h1-8,14H. The molecule has 1 N–H and O–H groups in total. The molecule has 0 heterocycles. The van der Waals surface area contributed by atoms with Crippen LogP contribution in [0.15, 0.2) is 53.4 Å². The average molecular weight is 372 g/mol. The second-order valence-corrected chi connectivity index (χ2v) is 5.53. The molecule has 0 bridgehead atoms. The van der Waals surface area contributed by atoms with Crippen LogP contribution in [0.1, 0.15) is 0 Å². The van der Waals surface area contributed by atoms with Crippen molar-refractivity contribution >= 4 is 45.9 Å². The monoisotopic (exact) mass is 372 g/mol. The van der Waals surface area contributed by atoms with Crippen LogP contribution in [0.4, 0.5) is 11.4 Å². The SMILES string of the molecule is O=[N+]([O-])c1ccccc1SNc1ccc(I)cc1. The first-order valence-corrected chi connectivity index (χ1v) is 6.98. The summed E-state index contributed by atoms with van der Waals surface area (Å²) < 4.78 is 4.24. The lowest BCUT2D eigenvalue weighted by Crippen LogP contribution is -1.93. The molecule has 0 spiro atoms. The number of nitro benzene ring substituents is 1. The quantitative estimate of drug-likeness (QED) is 0.376. The molecule has 2 rings (SSSR count). The predicted molar refractivity (Wildman–Crippen MR) is 81.7 cm³/mol. The van der Waals surface area contributed by atoms with Crippen molar-refractivity contribution in [3.05, 3.63) is 62.2 Å². The van der Waals surface area contributed by atoms with Crippen LogP contribution in [0.25, 0.3) is 0 Å². The molecule has 0 saturated carbocycles. The molecule has 2 aromatic rings. The van der Waals surface area contributed by atoms with Crippen LogP contribution in [0.2, 0.25) is 0 Å². The van der Waals surface area contributed by atoms with Gasteiger partial charge in [-0.1, -0.05) is 12.1 Å². The van der Waals surface area contributed by atoms with Gasteiger partial charge in [-0.25, -0.2) is 0 Å².